The van der Waals surface area contributed by atoms with Crippen LogP contribution in [0.15, 0.2) is 48.5 Å². The summed E-state index contributed by atoms with van der Waals surface area (Å²) in [6.07, 6.45) is 0. The van der Waals surface area contributed by atoms with E-state index in [9.17, 15) is 14.7 Å². The number of aliphatic carboxylic acids is 1. The fraction of sp³-hybridized carbons (Fsp3) is 0.200. The first kappa shape index (κ1) is 17.5. The Hall–Kier alpha value is -3.28. The fourth-order valence-electron chi connectivity index (χ4n) is 2.69. The van der Waals surface area contributed by atoms with Gasteiger partial charge in [-0.25, -0.2) is 14.8 Å². The number of nitrogens with zero attached hydrogens (tertiary/aromatic N) is 2. The molecule has 1 heterocycles. The monoisotopic (exact) mass is 349 g/mol. The lowest BCUT2D eigenvalue weighted by Crippen LogP contribution is -2.49. The lowest BCUT2D eigenvalue weighted by Gasteiger charge is -2.26. The Morgan fingerprint density at radius 1 is 0.962 bits per heavy atom. The third kappa shape index (κ3) is 3.13. The van der Waals surface area contributed by atoms with E-state index in [1.165, 1.54) is 6.92 Å². The number of benzene rings is 2. The molecule has 1 aromatic heterocycles. The van der Waals surface area contributed by atoms with Gasteiger partial charge in [-0.2, -0.15) is 0 Å². The minimum absolute atomic E-state index is 0.332. The van der Waals surface area contributed by atoms with Crippen LogP contribution < -0.4 is 5.32 Å². The second kappa shape index (κ2) is 6.55. The maximum absolute atomic E-state index is 12.7. The first-order chi connectivity index (χ1) is 12.3. The molecule has 6 heteroatoms. The number of nitrogens with one attached hydrogen (secondary N) is 1. The normalized spacial score (nSPS) is 13.2. The number of aryl methyl sites for hydroxylation is 2. The highest BCUT2D eigenvalue weighted by molar-refractivity contribution is 6.00. The quantitative estimate of drug-likeness (QED) is 0.755. The fourth-order valence-corrected chi connectivity index (χ4v) is 2.69. The second-order valence-electron chi connectivity index (χ2n) is 6.35. The maximum Gasteiger partial charge on any atom is 0.333 e. The molecule has 0 saturated heterocycles. The number of carboxylic acid groups (broad SMARTS) is 1. The number of carbonyl (C=O) groups is 2. The van der Waals surface area contributed by atoms with Gasteiger partial charge in [0, 0.05) is 5.56 Å². The average Bonchev–Trinajstić information content (AvgIpc) is 2.62. The van der Waals surface area contributed by atoms with Gasteiger partial charge in [0.25, 0.3) is 5.91 Å². The highest BCUT2D eigenvalue weighted by Crippen LogP contribution is 2.22. The Morgan fingerprint density at radius 3 is 2.19 bits per heavy atom. The molecule has 6 nitrogen and oxygen atoms in total. The number of amides is 1. The molecule has 2 N–H and O–H groups in total. The first-order valence-electron chi connectivity index (χ1n) is 8.17. The van der Waals surface area contributed by atoms with Gasteiger partial charge < -0.3 is 10.4 Å². The van der Waals surface area contributed by atoms with Crippen molar-refractivity contribution in [2.24, 2.45) is 0 Å². The molecule has 1 unspecified atom stereocenters. The standard InChI is InChI=1S/C20H19N3O3/c1-12-13(2)22-17-11-14(9-10-16(17)21-12)18(24)23-20(3,19(25)26)15-7-5-4-6-8-15/h4-11H,1-3H3,(H,23,24)(H,25,26). The van der Waals surface area contributed by atoms with Crippen molar-refractivity contribution in [3.8, 4) is 0 Å². The molecular weight excluding hydrogens is 330 g/mol. The van der Waals surface area contributed by atoms with Crippen LogP contribution in [0.25, 0.3) is 11.0 Å². The van der Waals surface area contributed by atoms with Gasteiger partial charge in [0.05, 0.1) is 22.4 Å². The molecule has 2 aromatic carbocycles. The van der Waals surface area contributed by atoms with Gasteiger partial charge >= 0.3 is 5.97 Å². The van der Waals surface area contributed by atoms with E-state index in [2.05, 4.69) is 15.3 Å². The van der Waals surface area contributed by atoms with E-state index in [4.69, 9.17) is 0 Å². The third-order valence-electron chi connectivity index (χ3n) is 4.48. The van der Waals surface area contributed by atoms with Crippen LogP contribution in [0.3, 0.4) is 0 Å². The van der Waals surface area contributed by atoms with Crippen molar-refractivity contribution in [2.75, 3.05) is 0 Å². The molecule has 0 aliphatic heterocycles. The zero-order chi connectivity index (χ0) is 18.9. The third-order valence-corrected chi connectivity index (χ3v) is 4.48. The summed E-state index contributed by atoms with van der Waals surface area (Å²) in [5.41, 5.74) is 2.19. The predicted molar refractivity (Wildman–Crippen MR) is 97.9 cm³/mol. The van der Waals surface area contributed by atoms with Gasteiger partial charge in [0.15, 0.2) is 5.54 Å². The summed E-state index contributed by atoms with van der Waals surface area (Å²) in [6, 6.07) is 13.6. The van der Waals surface area contributed by atoms with Crippen molar-refractivity contribution >= 4 is 22.9 Å². The zero-order valence-electron chi connectivity index (χ0n) is 14.8. The van der Waals surface area contributed by atoms with Gasteiger partial charge in [-0.05, 0) is 44.5 Å². The summed E-state index contributed by atoms with van der Waals surface area (Å²) in [5, 5.41) is 12.3. The lowest BCUT2D eigenvalue weighted by atomic mass is 9.91. The van der Waals surface area contributed by atoms with Gasteiger partial charge in [-0.1, -0.05) is 30.3 Å². The van der Waals surface area contributed by atoms with E-state index in [-0.39, 0.29) is 0 Å². The molecule has 0 aliphatic rings. The number of carbonyl (C=O) groups excluding carboxylic acids is 1. The molecule has 26 heavy (non-hydrogen) atoms. The molecule has 0 bridgehead atoms. The lowest BCUT2D eigenvalue weighted by molar-refractivity contribution is -0.144. The minimum atomic E-state index is -1.54. The van der Waals surface area contributed by atoms with Gasteiger partial charge in [0.2, 0.25) is 0 Å². The van der Waals surface area contributed by atoms with Crippen LogP contribution in [0.2, 0.25) is 0 Å². The summed E-state index contributed by atoms with van der Waals surface area (Å²) >= 11 is 0. The SMILES string of the molecule is Cc1nc2ccc(C(=O)NC(C)(C(=O)O)c3ccccc3)cc2nc1C. The van der Waals surface area contributed by atoms with Crippen molar-refractivity contribution in [3.63, 3.8) is 0 Å². The Bertz CT molecular complexity index is 1000. The van der Waals surface area contributed by atoms with Crippen LogP contribution in [-0.2, 0) is 10.3 Å². The number of rotatable bonds is 4. The maximum atomic E-state index is 12.7. The van der Waals surface area contributed by atoms with E-state index in [0.29, 0.717) is 22.2 Å². The van der Waals surface area contributed by atoms with Gasteiger partial charge in [-0.3, -0.25) is 4.79 Å². The van der Waals surface area contributed by atoms with E-state index >= 15 is 0 Å². The van der Waals surface area contributed by atoms with Crippen molar-refractivity contribution in [2.45, 2.75) is 26.3 Å². The first-order valence-corrected chi connectivity index (χ1v) is 8.17. The van der Waals surface area contributed by atoms with Crippen molar-refractivity contribution < 1.29 is 14.7 Å². The van der Waals surface area contributed by atoms with E-state index < -0.39 is 17.4 Å². The van der Waals surface area contributed by atoms with Crippen LogP contribution in [0.1, 0.15) is 34.2 Å². The van der Waals surface area contributed by atoms with Crippen LogP contribution >= 0.6 is 0 Å². The summed E-state index contributed by atoms with van der Waals surface area (Å²) in [6.45, 7) is 5.20. The molecule has 3 rings (SSSR count). The van der Waals surface area contributed by atoms with Gasteiger partial charge in [0.1, 0.15) is 0 Å². The highest BCUT2D eigenvalue weighted by Gasteiger charge is 2.37. The molecule has 0 fully saturated rings. The number of hydrogen-bond acceptors (Lipinski definition) is 4. The van der Waals surface area contributed by atoms with Gasteiger partial charge in [-0.15, -0.1) is 0 Å². The summed E-state index contributed by atoms with van der Waals surface area (Å²) in [4.78, 5) is 33.4. The molecule has 1 amide bonds. The Kier molecular flexibility index (Phi) is 4.42. The van der Waals surface area contributed by atoms with Crippen molar-refractivity contribution in [1.29, 1.82) is 0 Å². The van der Waals surface area contributed by atoms with Crippen LogP contribution in [-0.4, -0.2) is 27.0 Å². The van der Waals surface area contributed by atoms with Crippen LogP contribution in [0, 0.1) is 13.8 Å². The van der Waals surface area contributed by atoms with Crippen molar-refractivity contribution in [3.05, 3.63) is 71.0 Å². The topological polar surface area (TPSA) is 92.2 Å². The van der Waals surface area contributed by atoms with E-state index in [0.717, 1.165) is 11.4 Å². The zero-order valence-corrected chi connectivity index (χ0v) is 14.8. The molecular formula is C20H19N3O3. The van der Waals surface area contributed by atoms with Crippen molar-refractivity contribution in [1.82, 2.24) is 15.3 Å². The Balaban J connectivity index is 1.97. The summed E-state index contributed by atoms with van der Waals surface area (Å²) in [5.74, 6) is -1.62. The molecule has 3 aromatic rings. The summed E-state index contributed by atoms with van der Waals surface area (Å²) in [7, 11) is 0. The molecule has 132 valence electrons. The molecule has 0 radical (unpaired) electrons. The minimum Gasteiger partial charge on any atom is -0.479 e. The Labute approximate surface area is 150 Å². The average molecular weight is 349 g/mol. The predicted octanol–water partition coefficient (Wildman–Crippen LogP) is 2.98. The molecule has 0 saturated carbocycles. The Morgan fingerprint density at radius 2 is 1.58 bits per heavy atom. The van der Waals surface area contributed by atoms with Crippen LogP contribution in [0.4, 0.5) is 0 Å². The number of fused-ring (bicyclic) bond motifs is 1. The number of carboxylic acids is 1. The smallest absolute Gasteiger partial charge is 0.333 e. The van der Waals surface area contributed by atoms with E-state index in [1.54, 1.807) is 48.5 Å². The molecule has 0 spiro atoms. The second-order valence-corrected chi connectivity index (χ2v) is 6.35. The number of aromatic nitrogens is 2. The van der Waals surface area contributed by atoms with Crippen LogP contribution in [0.5, 0.6) is 0 Å². The van der Waals surface area contributed by atoms with E-state index in [1.807, 2.05) is 13.8 Å². The largest absolute Gasteiger partial charge is 0.479 e. The molecule has 1 atom stereocenters. The molecule has 0 aliphatic carbocycles. The highest BCUT2D eigenvalue weighted by atomic mass is 16.4. The number of hydrogen-bond donors (Lipinski definition) is 2. The summed E-state index contributed by atoms with van der Waals surface area (Å²) < 4.78 is 0.